The van der Waals surface area contributed by atoms with Crippen LogP contribution in [0, 0.1) is 0 Å². The van der Waals surface area contributed by atoms with Gasteiger partial charge in [0.05, 0.1) is 13.2 Å². The van der Waals surface area contributed by atoms with Crippen molar-refractivity contribution < 1.29 is 32.2 Å². The quantitative estimate of drug-likeness (QED) is 0.546. The number of rotatable bonds is 8. The number of aldehydes is 1. The van der Waals surface area contributed by atoms with E-state index in [1.165, 1.54) is 18.2 Å². The molecule has 4 nitrogen and oxygen atoms in total. The highest BCUT2D eigenvalue weighted by Crippen LogP contribution is 2.28. The summed E-state index contributed by atoms with van der Waals surface area (Å²) in [6.07, 6.45) is -3.68. The number of benzene rings is 1. The average molecular weight is 292 g/mol. The molecule has 0 fully saturated rings. The fourth-order valence-electron chi connectivity index (χ4n) is 1.38. The van der Waals surface area contributed by atoms with Crippen LogP contribution in [0.4, 0.5) is 13.2 Å². The van der Waals surface area contributed by atoms with E-state index in [0.29, 0.717) is 30.0 Å². The lowest BCUT2D eigenvalue weighted by atomic mass is 10.2. The second kappa shape index (κ2) is 7.74. The van der Waals surface area contributed by atoms with Gasteiger partial charge in [0.2, 0.25) is 0 Å². The molecule has 0 spiro atoms. The SMILES string of the molecule is CCOc1cc(C=O)ccc1OCCOCC(F)(F)F. The molecule has 0 bridgehead atoms. The van der Waals surface area contributed by atoms with Gasteiger partial charge in [0, 0.05) is 5.56 Å². The smallest absolute Gasteiger partial charge is 0.411 e. The second-order valence-corrected chi connectivity index (χ2v) is 3.77. The predicted molar refractivity (Wildman–Crippen MR) is 65.4 cm³/mol. The Labute approximate surface area is 114 Å². The Hall–Kier alpha value is -1.76. The van der Waals surface area contributed by atoms with Crippen molar-refractivity contribution in [3.05, 3.63) is 23.8 Å². The summed E-state index contributed by atoms with van der Waals surface area (Å²) in [5.74, 6) is 0.723. The fourth-order valence-corrected chi connectivity index (χ4v) is 1.38. The summed E-state index contributed by atoms with van der Waals surface area (Å²) in [6, 6.07) is 4.56. The lowest BCUT2D eigenvalue weighted by Gasteiger charge is -2.13. The standard InChI is InChI=1S/C13H15F3O4/c1-2-19-12-7-10(8-17)3-4-11(12)20-6-5-18-9-13(14,15)16/h3-4,7-8H,2,5-6,9H2,1H3. The van der Waals surface area contributed by atoms with E-state index in [0.717, 1.165) is 0 Å². The summed E-state index contributed by atoms with van der Waals surface area (Å²) >= 11 is 0. The van der Waals surface area contributed by atoms with E-state index in [1.54, 1.807) is 6.92 Å². The molecule has 0 N–H and O–H groups in total. The molecule has 0 aliphatic rings. The van der Waals surface area contributed by atoms with E-state index < -0.39 is 12.8 Å². The Balaban J connectivity index is 2.48. The predicted octanol–water partition coefficient (Wildman–Crippen LogP) is 2.86. The second-order valence-electron chi connectivity index (χ2n) is 3.77. The van der Waals surface area contributed by atoms with Gasteiger partial charge in [-0.25, -0.2) is 0 Å². The van der Waals surface area contributed by atoms with Gasteiger partial charge in [0.25, 0.3) is 0 Å². The van der Waals surface area contributed by atoms with Gasteiger partial charge in [-0.15, -0.1) is 0 Å². The first kappa shape index (κ1) is 16.3. The summed E-state index contributed by atoms with van der Waals surface area (Å²) in [7, 11) is 0. The molecule has 7 heteroatoms. The molecule has 0 aliphatic carbocycles. The molecular weight excluding hydrogens is 277 g/mol. The van der Waals surface area contributed by atoms with Gasteiger partial charge in [-0.2, -0.15) is 13.2 Å². The fraction of sp³-hybridized carbons (Fsp3) is 0.462. The van der Waals surface area contributed by atoms with Gasteiger partial charge in [-0.3, -0.25) is 4.79 Å². The minimum atomic E-state index is -4.35. The van der Waals surface area contributed by atoms with E-state index >= 15 is 0 Å². The molecule has 0 saturated heterocycles. The number of halogens is 3. The number of carbonyl (C=O) groups excluding carboxylic acids is 1. The van der Waals surface area contributed by atoms with Crippen molar-refractivity contribution in [1.82, 2.24) is 0 Å². The largest absolute Gasteiger partial charge is 0.490 e. The van der Waals surface area contributed by atoms with Crippen LogP contribution in [0.25, 0.3) is 0 Å². The number of alkyl halides is 3. The van der Waals surface area contributed by atoms with Crippen LogP contribution in [0.3, 0.4) is 0 Å². The van der Waals surface area contributed by atoms with Crippen molar-refractivity contribution in [2.24, 2.45) is 0 Å². The van der Waals surface area contributed by atoms with Crippen LogP contribution in [0.1, 0.15) is 17.3 Å². The van der Waals surface area contributed by atoms with E-state index in [1.807, 2.05) is 0 Å². The van der Waals surface area contributed by atoms with Crippen LogP contribution in [0.5, 0.6) is 11.5 Å². The van der Waals surface area contributed by atoms with Crippen LogP contribution in [0.15, 0.2) is 18.2 Å². The zero-order chi connectivity index (χ0) is 15.0. The van der Waals surface area contributed by atoms with Gasteiger partial charge in [-0.05, 0) is 25.1 Å². The summed E-state index contributed by atoms with van der Waals surface area (Å²) in [5, 5.41) is 0. The van der Waals surface area contributed by atoms with E-state index in [-0.39, 0.29) is 13.2 Å². The minimum Gasteiger partial charge on any atom is -0.490 e. The van der Waals surface area contributed by atoms with Crippen LogP contribution >= 0.6 is 0 Å². The van der Waals surface area contributed by atoms with E-state index in [9.17, 15) is 18.0 Å². The van der Waals surface area contributed by atoms with Crippen molar-refractivity contribution in [1.29, 1.82) is 0 Å². The topological polar surface area (TPSA) is 44.8 Å². The van der Waals surface area contributed by atoms with Crippen LogP contribution in [-0.2, 0) is 4.74 Å². The minimum absolute atomic E-state index is 0.0450. The normalized spacial score (nSPS) is 11.2. The zero-order valence-corrected chi connectivity index (χ0v) is 10.9. The maximum absolute atomic E-state index is 11.8. The molecule has 112 valence electrons. The highest BCUT2D eigenvalue weighted by molar-refractivity contribution is 5.76. The monoisotopic (exact) mass is 292 g/mol. The highest BCUT2D eigenvalue weighted by Gasteiger charge is 2.27. The van der Waals surface area contributed by atoms with Gasteiger partial charge in [0.15, 0.2) is 11.5 Å². The molecule has 0 aromatic heterocycles. The molecule has 0 saturated carbocycles. The van der Waals surface area contributed by atoms with Gasteiger partial charge in [0.1, 0.15) is 19.5 Å². The molecular formula is C13H15F3O4. The summed E-state index contributed by atoms with van der Waals surface area (Å²) < 4.78 is 50.5. The third-order valence-corrected chi connectivity index (χ3v) is 2.15. The van der Waals surface area contributed by atoms with Gasteiger partial charge < -0.3 is 14.2 Å². The molecule has 20 heavy (non-hydrogen) atoms. The Morgan fingerprint density at radius 1 is 1.15 bits per heavy atom. The Morgan fingerprint density at radius 2 is 1.90 bits per heavy atom. The molecule has 0 unspecified atom stereocenters. The third-order valence-electron chi connectivity index (χ3n) is 2.15. The molecule has 1 aromatic rings. The first-order valence-electron chi connectivity index (χ1n) is 5.95. The summed E-state index contributed by atoms with van der Waals surface area (Å²) in [5.41, 5.74) is 0.425. The Bertz CT molecular complexity index is 432. The first-order valence-corrected chi connectivity index (χ1v) is 5.95. The van der Waals surface area contributed by atoms with Crippen molar-refractivity contribution in [2.75, 3.05) is 26.4 Å². The van der Waals surface area contributed by atoms with Gasteiger partial charge >= 0.3 is 6.18 Å². The van der Waals surface area contributed by atoms with E-state index in [2.05, 4.69) is 4.74 Å². The maximum Gasteiger partial charge on any atom is 0.411 e. The molecule has 0 heterocycles. The molecule has 0 radical (unpaired) electrons. The number of hydrogen-bond acceptors (Lipinski definition) is 4. The van der Waals surface area contributed by atoms with Crippen molar-refractivity contribution in [2.45, 2.75) is 13.1 Å². The lowest BCUT2D eigenvalue weighted by molar-refractivity contribution is -0.175. The highest BCUT2D eigenvalue weighted by atomic mass is 19.4. The lowest BCUT2D eigenvalue weighted by Crippen LogP contribution is -2.19. The van der Waals surface area contributed by atoms with Gasteiger partial charge in [-0.1, -0.05) is 0 Å². The average Bonchev–Trinajstić information content (AvgIpc) is 2.38. The number of hydrogen-bond donors (Lipinski definition) is 0. The Morgan fingerprint density at radius 3 is 2.50 bits per heavy atom. The van der Waals surface area contributed by atoms with Crippen molar-refractivity contribution in [3.63, 3.8) is 0 Å². The van der Waals surface area contributed by atoms with Crippen LogP contribution < -0.4 is 9.47 Å². The summed E-state index contributed by atoms with van der Waals surface area (Å²) in [4.78, 5) is 10.6. The summed E-state index contributed by atoms with van der Waals surface area (Å²) in [6.45, 7) is 0.600. The Kier molecular flexibility index (Phi) is 6.30. The van der Waals surface area contributed by atoms with Crippen molar-refractivity contribution >= 4 is 6.29 Å². The zero-order valence-electron chi connectivity index (χ0n) is 10.9. The van der Waals surface area contributed by atoms with E-state index in [4.69, 9.17) is 9.47 Å². The molecule has 1 aromatic carbocycles. The van der Waals surface area contributed by atoms with Crippen LogP contribution in [-0.4, -0.2) is 38.9 Å². The van der Waals surface area contributed by atoms with Crippen molar-refractivity contribution in [3.8, 4) is 11.5 Å². The third kappa shape index (κ3) is 5.92. The first-order chi connectivity index (χ1) is 9.46. The molecule has 0 aliphatic heterocycles. The maximum atomic E-state index is 11.8. The molecule has 1 rings (SSSR count). The molecule has 0 amide bonds. The number of ether oxygens (including phenoxy) is 3. The molecule has 0 atom stereocenters. The number of carbonyl (C=O) groups is 1. The van der Waals surface area contributed by atoms with Crippen LogP contribution in [0.2, 0.25) is 0 Å².